The molecule has 1 unspecified atom stereocenters. The Morgan fingerprint density at radius 2 is 1.80 bits per heavy atom. The minimum absolute atomic E-state index is 0.0179. The molecule has 0 radical (unpaired) electrons. The normalized spacial score (nSPS) is 11.6. The first kappa shape index (κ1) is 24.3. The third-order valence-corrected chi connectivity index (χ3v) is 6.15. The zero-order valence-corrected chi connectivity index (χ0v) is 20.5. The molecule has 1 aromatic heterocycles. The van der Waals surface area contributed by atoms with E-state index in [9.17, 15) is 4.79 Å². The van der Waals surface area contributed by atoms with Crippen LogP contribution in [0.4, 0.5) is 11.4 Å². The second-order valence-corrected chi connectivity index (χ2v) is 9.07. The van der Waals surface area contributed by atoms with E-state index in [-0.39, 0.29) is 11.9 Å². The summed E-state index contributed by atoms with van der Waals surface area (Å²) in [5.41, 5.74) is 5.26. The molecule has 0 saturated heterocycles. The standard InChI is InChI=1S/C28H27N5OS/c1-20-17-26(33(32-20)25-14-8-12-23(19-25)29-2)28(34)31-24-13-7-11-22(18-24)27(30-15-16-35-3)21-9-5-4-6-10-21/h4-14,17-19,27,30H,15-16H2,1,3H3,(H,31,34). The van der Waals surface area contributed by atoms with E-state index >= 15 is 0 Å². The smallest absolute Gasteiger partial charge is 0.274 e. The van der Waals surface area contributed by atoms with E-state index in [1.54, 1.807) is 40.7 Å². The van der Waals surface area contributed by atoms with E-state index in [0.29, 0.717) is 22.8 Å². The summed E-state index contributed by atoms with van der Waals surface area (Å²) in [7, 11) is 0. The van der Waals surface area contributed by atoms with Gasteiger partial charge >= 0.3 is 0 Å². The minimum Gasteiger partial charge on any atom is -0.321 e. The highest BCUT2D eigenvalue weighted by Crippen LogP contribution is 2.25. The van der Waals surface area contributed by atoms with Gasteiger partial charge in [-0.05, 0) is 54.6 Å². The number of thioether (sulfide) groups is 1. The van der Waals surface area contributed by atoms with Crippen LogP contribution < -0.4 is 10.6 Å². The molecule has 0 spiro atoms. The summed E-state index contributed by atoms with van der Waals surface area (Å²) in [5.74, 6) is 0.750. The minimum atomic E-state index is -0.262. The van der Waals surface area contributed by atoms with Crippen molar-refractivity contribution in [3.63, 3.8) is 0 Å². The Bertz CT molecular complexity index is 1340. The lowest BCUT2D eigenvalue weighted by Gasteiger charge is -2.20. The number of aryl methyl sites for hydroxylation is 1. The van der Waals surface area contributed by atoms with Gasteiger partial charge in [0, 0.05) is 18.0 Å². The highest BCUT2D eigenvalue weighted by Gasteiger charge is 2.18. The van der Waals surface area contributed by atoms with Crippen LogP contribution in [0.2, 0.25) is 0 Å². The lowest BCUT2D eigenvalue weighted by molar-refractivity contribution is 0.101. The van der Waals surface area contributed by atoms with Crippen LogP contribution >= 0.6 is 11.8 Å². The number of amides is 1. The number of carbonyl (C=O) groups excluding carboxylic acids is 1. The van der Waals surface area contributed by atoms with Gasteiger partial charge in [0.25, 0.3) is 5.91 Å². The quantitative estimate of drug-likeness (QED) is 0.226. The SMILES string of the molecule is [C-]#[N+]c1cccc(-n2nc(C)cc2C(=O)Nc2cccc(C(NCCSC)c3ccccc3)c2)c1. The molecule has 35 heavy (non-hydrogen) atoms. The summed E-state index contributed by atoms with van der Waals surface area (Å²) in [6, 6.07) is 27.1. The largest absolute Gasteiger partial charge is 0.321 e. The van der Waals surface area contributed by atoms with Crippen molar-refractivity contribution in [3.8, 4) is 5.69 Å². The number of nitrogens with one attached hydrogen (secondary N) is 2. The first-order valence-corrected chi connectivity index (χ1v) is 12.7. The number of aromatic nitrogens is 2. The van der Waals surface area contributed by atoms with Gasteiger partial charge in [-0.2, -0.15) is 16.9 Å². The highest BCUT2D eigenvalue weighted by atomic mass is 32.2. The van der Waals surface area contributed by atoms with Crippen LogP contribution in [-0.4, -0.2) is 34.2 Å². The number of carbonyl (C=O) groups is 1. The van der Waals surface area contributed by atoms with E-state index in [4.69, 9.17) is 6.57 Å². The lowest BCUT2D eigenvalue weighted by atomic mass is 9.98. The maximum Gasteiger partial charge on any atom is 0.274 e. The predicted molar refractivity (Wildman–Crippen MR) is 144 cm³/mol. The van der Waals surface area contributed by atoms with Crippen molar-refractivity contribution < 1.29 is 4.79 Å². The third kappa shape index (κ3) is 5.99. The first-order chi connectivity index (χ1) is 17.1. The Morgan fingerprint density at radius 1 is 1.03 bits per heavy atom. The molecule has 2 N–H and O–H groups in total. The molecule has 0 fully saturated rings. The van der Waals surface area contributed by atoms with E-state index in [1.165, 1.54) is 5.56 Å². The molecule has 0 aliphatic carbocycles. The molecule has 0 saturated carbocycles. The molecule has 0 bridgehead atoms. The van der Waals surface area contributed by atoms with Crippen molar-refractivity contribution in [3.05, 3.63) is 119 Å². The fourth-order valence-electron chi connectivity index (χ4n) is 3.92. The summed E-state index contributed by atoms with van der Waals surface area (Å²) >= 11 is 1.80. The van der Waals surface area contributed by atoms with Gasteiger partial charge in [-0.25, -0.2) is 9.53 Å². The van der Waals surface area contributed by atoms with Gasteiger partial charge in [0.2, 0.25) is 0 Å². The molecule has 4 rings (SSSR count). The molecular formula is C28H27N5OS. The molecule has 3 aromatic carbocycles. The number of nitrogens with zero attached hydrogens (tertiary/aromatic N) is 3. The Balaban J connectivity index is 1.60. The lowest BCUT2D eigenvalue weighted by Crippen LogP contribution is -2.25. The van der Waals surface area contributed by atoms with Crippen LogP contribution in [-0.2, 0) is 0 Å². The van der Waals surface area contributed by atoms with Crippen LogP contribution in [0.1, 0.15) is 33.4 Å². The average Bonchev–Trinajstić information content (AvgIpc) is 3.29. The van der Waals surface area contributed by atoms with Crippen molar-refractivity contribution in [2.24, 2.45) is 0 Å². The van der Waals surface area contributed by atoms with Crippen molar-refractivity contribution >= 4 is 29.0 Å². The summed E-state index contributed by atoms with van der Waals surface area (Å²) in [6.45, 7) is 9.99. The van der Waals surface area contributed by atoms with Crippen LogP contribution in [0.25, 0.3) is 10.5 Å². The Kier molecular flexibility index (Phi) is 7.99. The van der Waals surface area contributed by atoms with Crippen molar-refractivity contribution in [1.82, 2.24) is 15.1 Å². The summed E-state index contributed by atoms with van der Waals surface area (Å²) in [5, 5.41) is 11.2. The summed E-state index contributed by atoms with van der Waals surface area (Å²) < 4.78 is 1.58. The van der Waals surface area contributed by atoms with Crippen LogP contribution in [0.5, 0.6) is 0 Å². The first-order valence-electron chi connectivity index (χ1n) is 11.3. The van der Waals surface area contributed by atoms with Crippen molar-refractivity contribution in [1.29, 1.82) is 0 Å². The molecule has 0 aliphatic heterocycles. The highest BCUT2D eigenvalue weighted by molar-refractivity contribution is 7.98. The summed E-state index contributed by atoms with van der Waals surface area (Å²) in [6.07, 6.45) is 2.10. The zero-order valence-electron chi connectivity index (χ0n) is 19.7. The predicted octanol–water partition coefficient (Wildman–Crippen LogP) is 6.03. The molecular weight excluding hydrogens is 454 g/mol. The molecule has 1 amide bonds. The molecule has 1 heterocycles. The Morgan fingerprint density at radius 3 is 2.57 bits per heavy atom. The number of rotatable bonds is 9. The second-order valence-electron chi connectivity index (χ2n) is 8.08. The second kappa shape index (κ2) is 11.5. The number of hydrogen-bond donors (Lipinski definition) is 2. The maximum atomic E-state index is 13.3. The van der Waals surface area contributed by atoms with Gasteiger partial charge in [0.05, 0.1) is 24.0 Å². The molecule has 176 valence electrons. The van der Waals surface area contributed by atoms with E-state index in [1.807, 2.05) is 49.4 Å². The van der Waals surface area contributed by atoms with Gasteiger partial charge in [0.15, 0.2) is 5.69 Å². The molecule has 7 heteroatoms. The van der Waals surface area contributed by atoms with Gasteiger partial charge < -0.3 is 10.6 Å². The zero-order chi connectivity index (χ0) is 24.6. The van der Waals surface area contributed by atoms with Gasteiger partial charge in [-0.3, -0.25) is 4.79 Å². The van der Waals surface area contributed by atoms with Crippen LogP contribution in [0, 0.1) is 13.5 Å². The number of hydrogen-bond acceptors (Lipinski definition) is 4. The van der Waals surface area contributed by atoms with E-state index in [0.717, 1.165) is 23.6 Å². The molecule has 4 aromatic rings. The molecule has 1 atom stereocenters. The third-order valence-electron chi connectivity index (χ3n) is 5.53. The topological polar surface area (TPSA) is 63.3 Å². The Hall–Kier alpha value is -3.86. The molecule has 0 aliphatic rings. The van der Waals surface area contributed by atoms with E-state index < -0.39 is 0 Å². The van der Waals surface area contributed by atoms with Gasteiger partial charge in [-0.1, -0.05) is 54.6 Å². The number of benzene rings is 3. The fraction of sp³-hybridized carbons (Fsp3) is 0.179. The monoisotopic (exact) mass is 481 g/mol. The van der Waals surface area contributed by atoms with Gasteiger partial charge in [0.1, 0.15) is 5.69 Å². The Labute approximate surface area is 210 Å². The summed E-state index contributed by atoms with van der Waals surface area (Å²) in [4.78, 5) is 16.8. The van der Waals surface area contributed by atoms with Crippen LogP contribution in [0.3, 0.4) is 0 Å². The average molecular weight is 482 g/mol. The van der Waals surface area contributed by atoms with E-state index in [2.05, 4.69) is 45.0 Å². The fourth-order valence-corrected chi connectivity index (χ4v) is 4.24. The van der Waals surface area contributed by atoms with Crippen molar-refractivity contribution in [2.75, 3.05) is 23.9 Å². The van der Waals surface area contributed by atoms with Crippen molar-refractivity contribution in [2.45, 2.75) is 13.0 Å². The van der Waals surface area contributed by atoms with Crippen LogP contribution in [0.15, 0.2) is 84.9 Å². The number of anilines is 1. The molecule has 6 nitrogen and oxygen atoms in total. The maximum absolute atomic E-state index is 13.3. The van der Waals surface area contributed by atoms with Gasteiger partial charge in [-0.15, -0.1) is 0 Å².